The zero-order valence-corrected chi connectivity index (χ0v) is 13.4. The second-order valence-corrected chi connectivity index (χ2v) is 7.46. The smallest absolute Gasteiger partial charge is 0.277 e. The molecule has 0 fully saturated rings. The molecule has 3 rings (SSSR count). The molecule has 0 radical (unpaired) electrons. The van der Waals surface area contributed by atoms with Gasteiger partial charge in [0.15, 0.2) is 0 Å². The normalized spacial score (nSPS) is 12.3. The van der Waals surface area contributed by atoms with Crippen LogP contribution in [-0.2, 0) is 16.2 Å². The molecular weight excluding hydrogens is 365 g/mol. The van der Waals surface area contributed by atoms with Gasteiger partial charge in [-0.1, -0.05) is 6.07 Å². The number of anilines is 1. The van der Waals surface area contributed by atoms with Crippen LogP contribution in [0.5, 0.6) is 0 Å². The molecule has 11 heteroatoms. The number of benzene rings is 1. The molecule has 1 aromatic carbocycles. The predicted molar refractivity (Wildman–Crippen MR) is 81.5 cm³/mol. The van der Waals surface area contributed by atoms with Crippen LogP contribution in [0.15, 0.2) is 52.6 Å². The van der Waals surface area contributed by atoms with Gasteiger partial charge in [-0.15, -0.1) is 11.3 Å². The molecule has 126 valence electrons. The van der Waals surface area contributed by atoms with E-state index in [9.17, 15) is 21.6 Å². The Morgan fingerprint density at radius 2 is 2.00 bits per heavy atom. The summed E-state index contributed by atoms with van der Waals surface area (Å²) >= 11 is 0.955. The van der Waals surface area contributed by atoms with Crippen molar-refractivity contribution in [3.8, 4) is 5.69 Å². The van der Waals surface area contributed by atoms with E-state index in [1.165, 1.54) is 29.5 Å². The number of rotatable bonds is 4. The van der Waals surface area contributed by atoms with Crippen LogP contribution in [0, 0.1) is 0 Å². The first-order valence-corrected chi connectivity index (χ1v) is 8.76. The molecule has 0 spiro atoms. The Morgan fingerprint density at radius 3 is 2.58 bits per heavy atom. The largest absolute Gasteiger partial charge is 0.416 e. The number of alkyl halides is 3. The van der Waals surface area contributed by atoms with Crippen LogP contribution in [-0.4, -0.2) is 23.2 Å². The molecule has 0 amide bonds. The number of nitrogens with zero attached hydrogens (tertiary/aromatic N) is 3. The van der Waals surface area contributed by atoms with Gasteiger partial charge in [0, 0.05) is 0 Å². The van der Waals surface area contributed by atoms with Crippen LogP contribution in [0.25, 0.3) is 5.69 Å². The fraction of sp³-hybridized carbons (Fsp3) is 0.0769. The molecule has 0 atom stereocenters. The Morgan fingerprint density at radius 1 is 1.21 bits per heavy atom. The van der Waals surface area contributed by atoms with Gasteiger partial charge < -0.3 is 0 Å². The lowest BCUT2D eigenvalue weighted by atomic mass is 10.1. The van der Waals surface area contributed by atoms with Crippen molar-refractivity contribution in [3.05, 3.63) is 53.9 Å². The SMILES string of the molecule is O=S(=O)(Nc1cc(C(F)(F)F)ccc1-n1cncn1)c1cccs1. The Hall–Kier alpha value is -2.40. The molecule has 0 aliphatic carbocycles. The molecule has 24 heavy (non-hydrogen) atoms. The van der Waals surface area contributed by atoms with Crippen molar-refractivity contribution in [2.24, 2.45) is 0 Å². The first-order valence-electron chi connectivity index (χ1n) is 6.40. The molecule has 1 N–H and O–H groups in total. The summed E-state index contributed by atoms with van der Waals surface area (Å²) in [5.41, 5.74) is -1.10. The third kappa shape index (κ3) is 3.26. The molecule has 0 aliphatic heterocycles. The summed E-state index contributed by atoms with van der Waals surface area (Å²) in [7, 11) is -4.01. The van der Waals surface area contributed by atoms with Crippen molar-refractivity contribution < 1.29 is 21.6 Å². The maximum atomic E-state index is 12.9. The molecular formula is C13H9F3N4O2S2. The van der Waals surface area contributed by atoms with Crippen LogP contribution in [0.2, 0.25) is 0 Å². The quantitative estimate of drug-likeness (QED) is 0.761. The molecule has 6 nitrogen and oxygen atoms in total. The molecule has 0 bridgehead atoms. The number of aromatic nitrogens is 3. The van der Waals surface area contributed by atoms with E-state index in [0.717, 1.165) is 29.5 Å². The number of hydrogen-bond acceptors (Lipinski definition) is 5. The fourth-order valence-corrected chi connectivity index (χ4v) is 4.00. The topological polar surface area (TPSA) is 76.9 Å². The van der Waals surface area contributed by atoms with Crippen LogP contribution < -0.4 is 4.72 Å². The second-order valence-electron chi connectivity index (χ2n) is 4.61. The van der Waals surface area contributed by atoms with Gasteiger partial charge in [0.25, 0.3) is 10.0 Å². The maximum absolute atomic E-state index is 12.9. The van der Waals surface area contributed by atoms with Gasteiger partial charge in [-0.05, 0) is 29.6 Å². The second kappa shape index (κ2) is 5.91. The number of hydrogen-bond donors (Lipinski definition) is 1. The number of halogens is 3. The molecule has 0 saturated heterocycles. The zero-order valence-electron chi connectivity index (χ0n) is 11.7. The first kappa shape index (κ1) is 16.5. The van der Waals surface area contributed by atoms with Gasteiger partial charge in [0.05, 0.1) is 16.9 Å². The average Bonchev–Trinajstić information content (AvgIpc) is 3.20. The van der Waals surface area contributed by atoms with E-state index in [1.807, 2.05) is 0 Å². The Labute approximate surface area is 138 Å². The molecule has 2 heterocycles. The average molecular weight is 374 g/mol. The summed E-state index contributed by atoms with van der Waals surface area (Å²) < 4.78 is 66.8. The minimum Gasteiger partial charge on any atom is -0.277 e. The van der Waals surface area contributed by atoms with Gasteiger partial charge in [0.2, 0.25) is 0 Å². The lowest BCUT2D eigenvalue weighted by Gasteiger charge is -2.14. The van der Waals surface area contributed by atoms with E-state index in [-0.39, 0.29) is 15.6 Å². The Bertz CT molecular complexity index is 936. The molecule has 0 unspecified atom stereocenters. The van der Waals surface area contributed by atoms with Crippen LogP contribution >= 0.6 is 11.3 Å². The highest BCUT2D eigenvalue weighted by Gasteiger charge is 2.32. The highest BCUT2D eigenvalue weighted by atomic mass is 32.2. The van der Waals surface area contributed by atoms with E-state index in [0.29, 0.717) is 0 Å². The van der Waals surface area contributed by atoms with Gasteiger partial charge in [0.1, 0.15) is 16.9 Å². The van der Waals surface area contributed by atoms with Crippen LogP contribution in [0.1, 0.15) is 5.56 Å². The van der Waals surface area contributed by atoms with Crippen molar-refractivity contribution >= 4 is 27.0 Å². The molecule has 2 aromatic heterocycles. The maximum Gasteiger partial charge on any atom is 0.416 e. The standard InChI is InChI=1S/C13H9F3N4O2S2/c14-13(15,16)9-3-4-11(20-8-17-7-18-20)10(6-9)19-24(21,22)12-2-1-5-23-12/h1-8,19H. The molecule has 0 aliphatic rings. The van der Waals surface area contributed by atoms with E-state index < -0.39 is 21.8 Å². The molecule has 0 saturated carbocycles. The van der Waals surface area contributed by atoms with E-state index in [2.05, 4.69) is 14.8 Å². The van der Waals surface area contributed by atoms with Crippen molar-refractivity contribution in [1.29, 1.82) is 0 Å². The summed E-state index contributed by atoms with van der Waals surface area (Å²) in [5.74, 6) is 0. The third-order valence-corrected chi connectivity index (χ3v) is 5.76. The molecule has 3 aromatic rings. The summed E-state index contributed by atoms with van der Waals surface area (Å²) in [4.78, 5) is 3.71. The minimum absolute atomic E-state index is 0.00977. The zero-order chi connectivity index (χ0) is 17.4. The van der Waals surface area contributed by atoms with E-state index >= 15 is 0 Å². The number of thiophene rings is 1. The van der Waals surface area contributed by atoms with Crippen molar-refractivity contribution in [1.82, 2.24) is 14.8 Å². The summed E-state index contributed by atoms with van der Waals surface area (Å²) in [6, 6.07) is 5.59. The Balaban J connectivity index is 2.10. The van der Waals surface area contributed by atoms with Gasteiger partial charge in [-0.2, -0.15) is 18.3 Å². The summed E-state index contributed by atoms with van der Waals surface area (Å²) in [5, 5.41) is 5.38. The highest BCUT2D eigenvalue weighted by molar-refractivity contribution is 7.94. The van der Waals surface area contributed by atoms with Gasteiger partial charge >= 0.3 is 6.18 Å². The number of nitrogens with one attached hydrogen (secondary N) is 1. The van der Waals surface area contributed by atoms with Crippen molar-refractivity contribution in [3.63, 3.8) is 0 Å². The Kier molecular flexibility index (Phi) is 4.05. The minimum atomic E-state index is -4.61. The highest BCUT2D eigenvalue weighted by Crippen LogP contribution is 2.34. The fourth-order valence-electron chi connectivity index (χ4n) is 1.94. The van der Waals surface area contributed by atoms with Crippen LogP contribution in [0.3, 0.4) is 0 Å². The van der Waals surface area contributed by atoms with Crippen molar-refractivity contribution in [2.45, 2.75) is 10.4 Å². The first-order chi connectivity index (χ1) is 11.3. The predicted octanol–water partition coefficient (Wildman–Crippen LogP) is 3.15. The summed E-state index contributed by atoms with van der Waals surface area (Å²) in [6.07, 6.45) is -2.16. The third-order valence-electron chi connectivity index (χ3n) is 2.99. The summed E-state index contributed by atoms with van der Waals surface area (Å²) in [6.45, 7) is 0. The lowest BCUT2D eigenvalue weighted by Crippen LogP contribution is -2.15. The van der Waals surface area contributed by atoms with Gasteiger partial charge in [-0.3, -0.25) is 4.72 Å². The van der Waals surface area contributed by atoms with Crippen molar-refractivity contribution in [2.75, 3.05) is 4.72 Å². The van der Waals surface area contributed by atoms with Crippen LogP contribution in [0.4, 0.5) is 18.9 Å². The monoisotopic (exact) mass is 374 g/mol. The van der Waals surface area contributed by atoms with E-state index in [1.54, 1.807) is 5.38 Å². The van der Waals surface area contributed by atoms with E-state index in [4.69, 9.17) is 0 Å². The number of sulfonamides is 1. The van der Waals surface area contributed by atoms with Gasteiger partial charge in [-0.25, -0.2) is 18.1 Å². The lowest BCUT2D eigenvalue weighted by molar-refractivity contribution is -0.137.